The van der Waals surface area contributed by atoms with Crippen molar-refractivity contribution in [3.05, 3.63) is 71.9 Å². The molecule has 1 N–H and O–H groups in total. The second kappa shape index (κ2) is 7.64. The fourth-order valence-electron chi connectivity index (χ4n) is 2.58. The van der Waals surface area contributed by atoms with Gasteiger partial charge >= 0.3 is 0 Å². The summed E-state index contributed by atoms with van der Waals surface area (Å²) in [4.78, 5) is 12.7. The van der Waals surface area contributed by atoms with Crippen LogP contribution in [0.15, 0.2) is 64.7 Å². The monoisotopic (exact) mass is 427 g/mol. The van der Waals surface area contributed by atoms with Crippen molar-refractivity contribution in [2.45, 2.75) is 18.1 Å². The summed E-state index contributed by atoms with van der Waals surface area (Å²) in [5.41, 5.74) is 2.35. The number of hydrogen-bond donors (Lipinski definition) is 1. The van der Waals surface area contributed by atoms with E-state index < -0.39 is 10.0 Å². The Morgan fingerprint density at radius 2 is 1.86 bits per heavy atom. The minimum Gasteiger partial charge on any atom is -0.439 e. The minimum atomic E-state index is -3.58. The van der Waals surface area contributed by atoms with E-state index in [1.54, 1.807) is 54.2 Å². The van der Waals surface area contributed by atoms with Crippen molar-refractivity contribution in [2.75, 3.05) is 4.72 Å². The van der Waals surface area contributed by atoms with Gasteiger partial charge < -0.3 is 4.74 Å². The molecule has 0 saturated carbocycles. The molecule has 1 aromatic carbocycles. The molecule has 0 atom stereocenters. The molecule has 0 aliphatic carbocycles. The molecule has 0 unspecified atom stereocenters. The van der Waals surface area contributed by atoms with Gasteiger partial charge in [0.1, 0.15) is 28.4 Å². The molecule has 0 amide bonds. The highest BCUT2D eigenvalue weighted by Gasteiger charge is 2.15. The molecule has 4 rings (SSSR count). The second-order valence-corrected chi connectivity index (χ2v) is 9.02. The number of anilines is 1. The van der Waals surface area contributed by atoms with Gasteiger partial charge in [-0.3, -0.25) is 9.29 Å². The predicted octanol–water partition coefficient (Wildman–Crippen LogP) is 3.93. The smallest absolute Gasteiger partial charge is 0.271 e. The average molecular weight is 428 g/mol. The van der Waals surface area contributed by atoms with Crippen LogP contribution in [0.25, 0.3) is 5.82 Å². The first-order valence-corrected chi connectivity index (χ1v) is 11.0. The van der Waals surface area contributed by atoms with E-state index in [9.17, 15) is 8.42 Å². The van der Waals surface area contributed by atoms with Gasteiger partial charge in [0.15, 0.2) is 0 Å². The Labute approximate surface area is 171 Å². The maximum absolute atomic E-state index is 12.3. The lowest BCUT2D eigenvalue weighted by Gasteiger charge is -2.09. The predicted molar refractivity (Wildman–Crippen MR) is 110 cm³/mol. The highest BCUT2D eigenvalue weighted by Crippen LogP contribution is 2.25. The third-order valence-corrected chi connectivity index (χ3v) is 6.99. The van der Waals surface area contributed by atoms with Crippen molar-refractivity contribution in [2.24, 2.45) is 0 Å². The maximum Gasteiger partial charge on any atom is 0.271 e. The standard InChI is InChI=1S/C19H17N5O3S2/c1-13-14(2)24(12-22-13)17-10-18(21-11-20-17)27-16-7-5-15(6-8-16)23-29(25,26)19-4-3-9-28-19/h3-12,23H,1-2H3. The van der Waals surface area contributed by atoms with E-state index in [2.05, 4.69) is 19.7 Å². The highest BCUT2D eigenvalue weighted by molar-refractivity contribution is 7.94. The summed E-state index contributed by atoms with van der Waals surface area (Å²) in [6, 6.07) is 11.6. The van der Waals surface area contributed by atoms with E-state index in [0.717, 1.165) is 22.7 Å². The average Bonchev–Trinajstić information content (AvgIpc) is 3.35. The number of sulfonamides is 1. The van der Waals surface area contributed by atoms with Crippen molar-refractivity contribution in [3.63, 3.8) is 0 Å². The molecular formula is C19H17N5O3S2. The normalized spacial score (nSPS) is 11.4. The molecule has 0 aliphatic rings. The Kier molecular flexibility index (Phi) is 5.03. The molecule has 8 nitrogen and oxygen atoms in total. The first-order chi connectivity index (χ1) is 13.9. The molecule has 29 heavy (non-hydrogen) atoms. The fourth-order valence-corrected chi connectivity index (χ4v) is 4.63. The quantitative estimate of drug-likeness (QED) is 0.500. The Morgan fingerprint density at radius 1 is 1.07 bits per heavy atom. The van der Waals surface area contributed by atoms with Gasteiger partial charge in [0.2, 0.25) is 5.88 Å². The van der Waals surface area contributed by atoms with Gasteiger partial charge in [-0.05, 0) is 49.6 Å². The second-order valence-electron chi connectivity index (χ2n) is 6.16. The van der Waals surface area contributed by atoms with E-state index in [1.165, 1.54) is 6.33 Å². The first kappa shape index (κ1) is 19.1. The summed E-state index contributed by atoms with van der Waals surface area (Å²) < 4.78 is 35.0. The molecule has 148 valence electrons. The van der Waals surface area contributed by atoms with Crippen molar-refractivity contribution >= 4 is 27.0 Å². The van der Waals surface area contributed by atoms with Crippen LogP contribution in [0.5, 0.6) is 11.6 Å². The number of ether oxygens (including phenoxy) is 1. The minimum absolute atomic E-state index is 0.261. The van der Waals surface area contributed by atoms with Gasteiger partial charge in [-0.25, -0.2) is 23.4 Å². The zero-order chi connectivity index (χ0) is 20.4. The lowest BCUT2D eigenvalue weighted by atomic mass is 10.3. The Morgan fingerprint density at radius 3 is 2.52 bits per heavy atom. The number of nitrogens with one attached hydrogen (secondary N) is 1. The summed E-state index contributed by atoms with van der Waals surface area (Å²) in [7, 11) is -3.58. The summed E-state index contributed by atoms with van der Waals surface area (Å²) >= 11 is 1.16. The van der Waals surface area contributed by atoms with Crippen LogP contribution >= 0.6 is 11.3 Å². The van der Waals surface area contributed by atoms with E-state index in [4.69, 9.17) is 4.74 Å². The van der Waals surface area contributed by atoms with Gasteiger partial charge in [0, 0.05) is 17.4 Å². The van der Waals surface area contributed by atoms with E-state index in [0.29, 0.717) is 23.1 Å². The Balaban J connectivity index is 1.49. The van der Waals surface area contributed by atoms with Crippen molar-refractivity contribution in [1.82, 2.24) is 19.5 Å². The molecule has 0 bridgehead atoms. The molecular weight excluding hydrogens is 410 g/mol. The van der Waals surface area contributed by atoms with Crippen LogP contribution in [0.3, 0.4) is 0 Å². The van der Waals surface area contributed by atoms with Gasteiger partial charge in [0.25, 0.3) is 10.0 Å². The lowest BCUT2D eigenvalue weighted by Crippen LogP contribution is -2.11. The summed E-state index contributed by atoms with van der Waals surface area (Å²) in [5.74, 6) is 1.54. The number of thiophene rings is 1. The van der Waals surface area contributed by atoms with E-state index >= 15 is 0 Å². The highest BCUT2D eigenvalue weighted by atomic mass is 32.2. The van der Waals surface area contributed by atoms with Gasteiger partial charge in [-0.1, -0.05) is 6.07 Å². The largest absolute Gasteiger partial charge is 0.439 e. The van der Waals surface area contributed by atoms with Crippen LogP contribution in [-0.2, 0) is 10.0 Å². The zero-order valence-electron chi connectivity index (χ0n) is 15.6. The Bertz CT molecular complexity index is 1230. The molecule has 0 spiro atoms. The van der Waals surface area contributed by atoms with Crippen molar-refractivity contribution in [1.29, 1.82) is 0 Å². The number of aromatic nitrogens is 4. The van der Waals surface area contributed by atoms with Crippen LogP contribution in [0.4, 0.5) is 5.69 Å². The van der Waals surface area contributed by atoms with Gasteiger partial charge in [-0.2, -0.15) is 0 Å². The number of hydrogen-bond acceptors (Lipinski definition) is 7. The van der Waals surface area contributed by atoms with Crippen molar-refractivity contribution < 1.29 is 13.2 Å². The molecule has 0 saturated heterocycles. The molecule has 0 radical (unpaired) electrons. The van der Waals surface area contributed by atoms with Crippen LogP contribution in [0, 0.1) is 13.8 Å². The number of aryl methyl sites for hydroxylation is 1. The molecule has 10 heteroatoms. The Hall–Kier alpha value is -3.24. The SMILES string of the molecule is Cc1ncn(-c2cc(Oc3ccc(NS(=O)(=O)c4cccs4)cc3)ncn2)c1C. The molecule has 0 fully saturated rings. The van der Waals surface area contributed by atoms with Crippen LogP contribution in [-0.4, -0.2) is 27.9 Å². The summed E-state index contributed by atoms with van der Waals surface area (Å²) in [6.07, 6.45) is 3.12. The fraction of sp³-hybridized carbons (Fsp3) is 0.105. The van der Waals surface area contributed by atoms with Gasteiger partial charge in [0.05, 0.1) is 5.69 Å². The number of rotatable bonds is 6. The van der Waals surface area contributed by atoms with Gasteiger partial charge in [-0.15, -0.1) is 11.3 Å². The summed E-state index contributed by atoms with van der Waals surface area (Å²) in [5, 5.41) is 1.72. The van der Waals surface area contributed by atoms with Crippen LogP contribution in [0.1, 0.15) is 11.4 Å². The number of imidazole rings is 1. The van der Waals surface area contributed by atoms with Crippen LogP contribution < -0.4 is 9.46 Å². The topological polar surface area (TPSA) is 99.0 Å². The molecule has 4 aromatic rings. The summed E-state index contributed by atoms with van der Waals surface area (Å²) in [6.45, 7) is 3.89. The van der Waals surface area contributed by atoms with Crippen LogP contribution in [0.2, 0.25) is 0 Å². The molecule has 3 aromatic heterocycles. The zero-order valence-corrected chi connectivity index (χ0v) is 17.2. The maximum atomic E-state index is 12.3. The molecule has 3 heterocycles. The number of benzene rings is 1. The lowest BCUT2D eigenvalue weighted by molar-refractivity contribution is 0.461. The van der Waals surface area contributed by atoms with Crippen molar-refractivity contribution in [3.8, 4) is 17.4 Å². The van der Waals surface area contributed by atoms with E-state index in [1.807, 2.05) is 18.4 Å². The third kappa shape index (κ3) is 4.13. The first-order valence-electron chi connectivity index (χ1n) is 8.59. The molecule has 0 aliphatic heterocycles. The number of nitrogens with zero attached hydrogens (tertiary/aromatic N) is 4. The third-order valence-electron chi connectivity index (χ3n) is 4.22. The van der Waals surface area contributed by atoms with E-state index in [-0.39, 0.29) is 4.21 Å².